The number of hydrogen-bond acceptors (Lipinski definition) is 4. The van der Waals surface area contributed by atoms with E-state index in [1.807, 2.05) is 0 Å². The summed E-state index contributed by atoms with van der Waals surface area (Å²) in [5.74, 6) is -1.50. The number of carboxylic acids is 1. The fourth-order valence-corrected chi connectivity index (χ4v) is 3.26. The molecule has 1 aliphatic rings. The van der Waals surface area contributed by atoms with Gasteiger partial charge in [0.05, 0.1) is 24.2 Å². The van der Waals surface area contributed by atoms with Crippen molar-refractivity contribution >= 4 is 17.6 Å². The summed E-state index contributed by atoms with van der Waals surface area (Å²) in [4.78, 5) is 27.2. The molecule has 9 heteroatoms. The molecule has 29 heavy (non-hydrogen) atoms. The van der Waals surface area contributed by atoms with Gasteiger partial charge in [0.15, 0.2) is 0 Å². The Balaban J connectivity index is 1.50. The van der Waals surface area contributed by atoms with Crippen LogP contribution in [0.2, 0.25) is 0 Å². The summed E-state index contributed by atoms with van der Waals surface area (Å²) in [7, 11) is 0. The van der Waals surface area contributed by atoms with Gasteiger partial charge in [-0.15, -0.1) is 13.2 Å². The lowest BCUT2D eigenvalue weighted by Crippen LogP contribution is -2.31. The molecule has 2 aromatic rings. The maximum Gasteiger partial charge on any atom is 0.573 e. The first-order valence-corrected chi connectivity index (χ1v) is 9.00. The SMILES string of the molecule is O=C(Cc1cccc(OC(F)(F)F)c1)Nc1ccc(CC2CC(C(=O)O)C2)nc1. The highest BCUT2D eigenvalue weighted by atomic mass is 19.4. The third-order valence-electron chi connectivity index (χ3n) is 4.69. The number of hydrogen-bond donors (Lipinski definition) is 2. The molecule has 0 radical (unpaired) electrons. The Labute approximate surface area is 164 Å². The van der Waals surface area contributed by atoms with Crippen molar-refractivity contribution in [1.29, 1.82) is 0 Å². The minimum absolute atomic E-state index is 0.116. The second-order valence-corrected chi connectivity index (χ2v) is 7.04. The van der Waals surface area contributed by atoms with Gasteiger partial charge in [-0.2, -0.15) is 0 Å². The number of rotatable bonds is 7. The van der Waals surface area contributed by atoms with Gasteiger partial charge in [0.25, 0.3) is 0 Å². The van der Waals surface area contributed by atoms with Gasteiger partial charge in [0, 0.05) is 5.69 Å². The molecule has 154 valence electrons. The third-order valence-corrected chi connectivity index (χ3v) is 4.69. The van der Waals surface area contributed by atoms with Crippen LogP contribution in [-0.4, -0.2) is 28.3 Å². The molecule has 6 nitrogen and oxygen atoms in total. The van der Waals surface area contributed by atoms with Gasteiger partial charge in [-0.3, -0.25) is 14.6 Å². The molecule has 1 saturated carbocycles. The molecule has 0 bridgehead atoms. The van der Waals surface area contributed by atoms with Crippen molar-refractivity contribution in [2.24, 2.45) is 11.8 Å². The van der Waals surface area contributed by atoms with Crippen LogP contribution in [0.15, 0.2) is 42.6 Å². The molecular weight excluding hydrogens is 389 g/mol. The Morgan fingerprint density at radius 2 is 1.97 bits per heavy atom. The molecule has 0 saturated heterocycles. The average molecular weight is 408 g/mol. The monoisotopic (exact) mass is 408 g/mol. The lowest BCUT2D eigenvalue weighted by Gasteiger charge is -2.32. The van der Waals surface area contributed by atoms with Crippen molar-refractivity contribution in [2.75, 3.05) is 5.32 Å². The van der Waals surface area contributed by atoms with Crippen molar-refractivity contribution in [1.82, 2.24) is 4.98 Å². The van der Waals surface area contributed by atoms with Gasteiger partial charge in [-0.05, 0) is 55.0 Å². The summed E-state index contributed by atoms with van der Waals surface area (Å²) in [5, 5.41) is 11.5. The summed E-state index contributed by atoms with van der Waals surface area (Å²) < 4.78 is 40.7. The number of pyridine rings is 1. The Kier molecular flexibility index (Phi) is 6.05. The molecule has 1 aliphatic carbocycles. The van der Waals surface area contributed by atoms with Crippen molar-refractivity contribution in [2.45, 2.75) is 32.0 Å². The fraction of sp³-hybridized carbons (Fsp3) is 0.350. The highest BCUT2D eigenvalue weighted by Gasteiger charge is 2.34. The number of carboxylic acid groups (broad SMARTS) is 1. The van der Waals surface area contributed by atoms with E-state index in [0.29, 0.717) is 36.4 Å². The molecule has 0 spiro atoms. The van der Waals surface area contributed by atoms with E-state index in [4.69, 9.17) is 5.11 Å². The van der Waals surface area contributed by atoms with Crippen LogP contribution in [0.1, 0.15) is 24.1 Å². The molecule has 1 fully saturated rings. The summed E-state index contributed by atoms with van der Waals surface area (Å²) in [5.41, 5.74) is 1.67. The molecule has 0 atom stereocenters. The lowest BCUT2D eigenvalue weighted by atomic mass is 9.73. The summed E-state index contributed by atoms with van der Waals surface area (Å²) in [6.07, 6.45) is -1.43. The largest absolute Gasteiger partial charge is 0.573 e. The zero-order valence-corrected chi connectivity index (χ0v) is 15.3. The van der Waals surface area contributed by atoms with Gasteiger partial charge in [-0.1, -0.05) is 12.1 Å². The quantitative estimate of drug-likeness (QED) is 0.727. The second kappa shape index (κ2) is 8.50. The van der Waals surface area contributed by atoms with Crippen molar-refractivity contribution in [3.05, 3.63) is 53.9 Å². The second-order valence-electron chi connectivity index (χ2n) is 7.04. The number of carbonyl (C=O) groups is 2. The Morgan fingerprint density at radius 3 is 2.59 bits per heavy atom. The molecule has 1 heterocycles. The van der Waals surface area contributed by atoms with Gasteiger partial charge < -0.3 is 15.2 Å². The van der Waals surface area contributed by atoms with Crippen LogP contribution in [0, 0.1) is 11.8 Å². The predicted molar refractivity (Wildman–Crippen MR) is 97.2 cm³/mol. The number of carbonyl (C=O) groups excluding carboxylic acids is 1. The van der Waals surface area contributed by atoms with E-state index in [1.54, 1.807) is 12.1 Å². The highest BCUT2D eigenvalue weighted by molar-refractivity contribution is 5.92. The van der Waals surface area contributed by atoms with Crippen molar-refractivity contribution in [3.8, 4) is 5.75 Å². The van der Waals surface area contributed by atoms with Crippen LogP contribution in [-0.2, 0) is 22.4 Å². The summed E-state index contributed by atoms with van der Waals surface area (Å²) >= 11 is 0. The van der Waals surface area contributed by atoms with Crippen LogP contribution in [0.3, 0.4) is 0 Å². The maximum atomic E-state index is 12.3. The molecule has 1 aromatic carbocycles. The highest BCUT2D eigenvalue weighted by Crippen LogP contribution is 2.36. The minimum atomic E-state index is -4.79. The number of alkyl halides is 3. The van der Waals surface area contributed by atoms with E-state index in [9.17, 15) is 22.8 Å². The first-order valence-electron chi connectivity index (χ1n) is 9.00. The number of ether oxygens (including phenoxy) is 1. The van der Waals surface area contributed by atoms with E-state index in [1.165, 1.54) is 18.3 Å². The van der Waals surface area contributed by atoms with Gasteiger partial charge in [0.2, 0.25) is 5.91 Å². The van der Waals surface area contributed by atoms with E-state index in [-0.39, 0.29) is 18.1 Å². The Hall–Kier alpha value is -3.10. The molecule has 2 N–H and O–H groups in total. The van der Waals surface area contributed by atoms with Crippen LogP contribution in [0.4, 0.5) is 18.9 Å². The number of nitrogens with one attached hydrogen (secondary N) is 1. The van der Waals surface area contributed by atoms with Gasteiger partial charge in [-0.25, -0.2) is 0 Å². The van der Waals surface area contributed by atoms with Crippen LogP contribution in [0.25, 0.3) is 0 Å². The topological polar surface area (TPSA) is 88.5 Å². The normalized spacial score (nSPS) is 18.6. The fourth-order valence-electron chi connectivity index (χ4n) is 3.26. The van der Waals surface area contributed by atoms with Gasteiger partial charge >= 0.3 is 12.3 Å². The smallest absolute Gasteiger partial charge is 0.481 e. The molecule has 1 amide bonds. The van der Waals surface area contributed by atoms with E-state index < -0.39 is 18.2 Å². The molecule has 0 aliphatic heterocycles. The number of aromatic nitrogens is 1. The van der Waals surface area contributed by atoms with E-state index in [2.05, 4.69) is 15.0 Å². The molecule has 1 aromatic heterocycles. The number of aliphatic carboxylic acids is 1. The number of benzene rings is 1. The minimum Gasteiger partial charge on any atom is -0.481 e. The predicted octanol–water partition coefficient (Wildman–Crippen LogP) is 3.81. The van der Waals surface area contributed by atoms with Crippen LogP contribution < -0.4 is 10.1 Å². The standard InChI is InChI=1S/C20H19F3N2O4/c21-20(22,23)29-17-3-1-2-12(9-17)10-18(26)25-16-5-4-15(24-11-16)8-13-6-14(7-13)19(27)28/h1-5,9,11,13-14H,6-8,10H2,(H,25,26)(H,27,28). The lowest BCUT2D eigenvalue weighted by molar-refractivity contribution is -0.274. The Bertz CT molecular complexity index is 878. The number of nitrogens with zero attached hydrogens (tertiary/aromatic N) is 1. The summed E-state index contributed by atoms with van der Waals surface area (Å²) in [6, 6.07) is 8.70. The zero-order chi connectivity index (χ0) is 21.0. The first kappa shape index (κ1) is 20.6. The number of anilines is 1. The number of amides is 1. The number of halogens is 3. The van der Waals surface area contributed by atoms with Crippen LogP contribution >= 0.6 is 0 Å². The average Bonchev–Trinajstić information content (AvgIpc) is 2.57. The summed E-state index contributed by atoms with van der Waals surface area (Å²) in [6.45, 7) is 0. The van der Waals surface area contributed by atoms with E-state index in [0.717, 1.165) is 17.8 Å². The van der Waals surface area contributed by atoms with E-state index >= 15 is 0 Å². The third kappa shape index (κ3) is 6.20. The zero-order valence-electron chi connectivity index (χ0n) is 15.3. The molecular formula is C20H19F3N2O4. The molecule has 0 unspecified atom stereocenters. The Morgan fingerprint density at radius 1 is 1.21 bits per heavy atom. The van der Waals surface area contributed by atoms with Gasteiger partial charge in [0.1, 0.15) is 5.75 Å². The van der Waals surface area contributed by atoms with Crippen molar-refractivity contribution in [3.63, 3.8) is 0 Å². The first-order chi connectivity index (χ1) is 13.7. The van der Waals surface area contributed by atoms with Crippen LogP contribution in [0.5, 0.6) is 5.75 Å². The maximum absolute atomic E-state index is 12.3. The van der Waals surface area contributed by atoms with Crippen molar-refractivity contribution < 1.29 is 32.6 Å². The molecule has 3 rings (SSSR count).